The van der Waals surface area contributed by atoms with Gasteiger partial charge in [0.05, 0.1) is 6.21 Å². The number of nitrogens with zero attached hydrogens (tertiary/aromatic N) is 1. The summed E-state index contributed by atoms with van der Waals surface area (Å²) in [6, 6.07) is 14.3. The van der Waals surface area contributed by atoms with Gasteiger partial charge in [-0.1, -0.05) is 23.7 Å². The van der Waals surface area contributed by atoms with Crippen LogP contribution in [0, 0.1) is 0 Å². The summed E-state index contributed by atoms with van der Waals surface area (Å²) in [5, 5.41) is 4.57. The second-order valence-corrected chi connectivity index (χ2v) is 6.57. The maximum atomic E-state index is 11.9. The predicted molar refractivity (Wildman–Crippen MR) is 94.7 cm³/mol. The third-order valence-corrected chi connectivity index (χ3v) is 4.72. The van der Waals surface area contributed by atoms with Crippen LogP contribution >= 0.6 is 23.4 Å². The molecule has 1 saturated heterocycles. The first-order chi connectivity index (χ1) is 11.2. The van der Waals surface area contributed by atoms with Gasteiger partial charge in [0.25, 0.3) is 5.91 Å². The van der Waals surface area contributed by atoms with Crippen molar-refractivity contribution in [2.75, 3.05) is 11.5 Å². The summed E-state index contributed by atoms with van der Waals surface area (Å²) in [4.78, 5) is 11.9. The number of hydrazone groups is 1. The number of hydrogen-bond donors (Lipinski definition) is 1. The summed E-state index contributed by atoms with van der Waals surface area (Å²) >= 11 is 7.67. The van der Waals surface area contributed by atoms with E-state index < -0.39 is 0 Å². The Morgan fingerprint density at radius 1 is 1.26 bits per heavy atom. The first-order valence-corrected chi connectivity index (χ1v) is 8.67. The summed E-state index contributed by atoms with van der Waals surface area (Å²) in [5.74, 6) is 2.62. The SMILES string of the molecule is O=C(N/N=C\c1cccc(OC2CSC2)c1)c1ccc(Cl)cc1. The Morgan fingerprint density at radius 2 is 2.04 bits per heavy atom. The normalized spacial score (nSPS) is 14.5. The van der Waals surface area contributed by atoms with E-state index in [1.165, 1.54) is 0 Å². The van der Waals surface area contributed by atoms with Crippen LogP contribution in [-0.2, 0) is 0 Å². The molecule has 1 aliphatic rings. The van der Waals surface area contributed by atoms with Crippen molar-refractivity contribution in [2.24, 2.45) is 5.10 Å². The van der Waals surface area contributed by atoms with Crippen molar-refractivity contribution >= 4 is 35.5 Å². The van der Waals surface area contributed by atoms with E-state index in [2.05, 4.69) is 10.5 Å². The zero-order valence-electron chi connectivity index (χ0n) is 12.2. The zero-order chi connectivity index (χ0) is 16.1. The summed E-state index contributed by atoms with van der Waals surface area (Å²) in [5.41, 5.74) is 3.86. The summed E-state index contributed by atoms with van der Waals surface area (Å²) < 4.78 is 5.82. The van der Waals surface area contributed by atoms with Crippen molar-refractivity contribution in [3.63, 3.8) is 0 Å². The number of nitrogens with one attached hydrogen (secondary N) is 1. The van der Waals surface area contributed by atoms with Gasteiger partial charge in [-0.05, 0) is 42.0 Å². The molecule has 1 N–H and O–H groups in total. The highest BCUT2D eigenvalue weighted by Crippen LogP contribution is 2.24. The third-order valence-electron chi connectivity index (χ3n) is 3.25. The van der Waals surface area contributed by atoms with Gasteiger partial charge in [-0.25, -0.2) is 5.43 Å². The largest absolute Gasteiger partial charge is 0.489 e. The third kappa shape index (κ3) is 4.50. The molecule has 0 aliphatic carbocycles. The van der Waals surface area contributed by atoms with Crippen molar-refractivity contribution in [1.82, 2.24) is 5.43 Å². The van der Waals surface area contributed by atoms with Crippen LogP contribution in [0.4, 0.5) is 0 Å². The molecule has 0 aromatic heterocycles. The number of ether oxygens (including phenoxy) is 1. The Bertz CT molecular complexity index is 715. The van der Waals surface area contributed by atoms with Crippen LogP contribution in [0.1, 0.15) is 15.9 Å². The Labute approximate surface area is 143 Å². The Kier molecular flexibility index (Phi) is 5.20. The molecule has 2 aromatic rings. The lowest BCUT2D eigenvalue weighted by molar-refractivity contribution is 0.0955. The lowest BCUT2D eigenvalue weighted by Crippen LogP contribution is -2.31. The molecule has 23 heavy (non-hydrogen) atoms. The number of rotatable bonds is 5. The maximum Gasteiger partial charge on any atom is 0.271 e. The van der Waals surface area contributed by atoms with Gasteiger partial charge < -0.3 is 4.74 Å². The van der Waals surface area contributed by atoms with Gasteiger partial charge in [0.15, 0.2) is 0 Å². The molecule has 0 radical (unpaired) electrons. The summed E-state index contributed by atoms with van der Waals surface area (Å²) in [6.07, 6.45) is 1.90. The molecule has 1 amide bonds. The van der Waals surface area contributed by atoms with E-state index in [4.69, 9.17) is 16.3 Å². The average molecular weight is 347 g/mol. The second-order valence-electron chi connectivity index (χ2n) is 5.06. The van der Waals surface area contributed by atoms with E-state index in [-0.39, 0.29) is 5.91 Å². The monoisotopic (exact) mass is 346 g/mol. The van der Waals surface area contributed by atoms with Crippen LogP contribution in [0.5, 0.6) is 5.75 Å². The second kappa shape index (κ2) is 7.53. The molecular weight excluding hydrogens is 332 g/mol. The van der Waals surface area contributed by atoms with E-state index in [9.17, 15) is 4.79 Å². The molecule has 2 aromatic carbocycles. The lowest BCUT2D eigenvalue weighted by atomic mass is 10.2. The maximum absolute atomic E-state index is 11.9. The van der Waals surface area contributed by atoms with Crippen LogP contribution in [0.15, 0.2) is 53.6 Å². The van der Waals surface area contributed by atoms with Crippen molar-refractivity contribution in [2.45, 2.75) is 6.10 Å². The van der Waals surface area contributed by atoms with Crippen LogP contribution in [0.2, 0.25) is 5.02 Å². The van der Waals surface area contributed by atoms with Crippen LogP contribution in [-0.4, -0.2) is 29.7 Å². The number of halogens is 1. The Morgan fingerprint density at radius 3 is 2.74 bits per heavy atom. The minimum Gasteiger partial charge on any atom is -0.489 e. The number of benzene rings is 2. The first kappa shape index (κ1) is 15.9. The molecule has 3 rings (SSSR count). The smallest absolute Gasteiger partial charge is 0.271 e. The Hall–Kier alpha value is -1.98. The number of hydrogen-bond acceptors (Lipinski definition) is 4. The van der Waals surface area contributed by atoms with Crippen molar-refractivity contribution < 1.29 is 9.53 Å². The molecule has 0 saturated carbocycles. The lowest BCUT2D eigenvalue weighted by Gasteiger charge is -2.25. The van der Waals surface area contributed by atoms with E-state index in [0.717, 1.165) is 22.8 Å². The van der Waals surface area contributed by atoms with E-state index in [0.29, 0.717) is 16.7 Å². The van der Waals surface area contributed by atoms with Gasteiger partial charge in [-0.2, -0.15) is 16.9 Å². The van der Waals surface area contributed by atoms with Gasteiger partial charge in [-0.15, -0.1) is 0 Å². The summed E-state index contributed by atoms with van der Waals surface area (Å²) in [6.45, 7) is 0. The quantitative estimate of drug-likeness (QED) is 0.664. The molecule has 4 nitrogen and oxygen atoms in total. The fourth-order valence-corrected chi connectivity index (χ4v) is 2.66. The van der Waals surface area contributed by atoms with E-state index in [1.807, 2.05) is 36.0 Å². The standard InChI is InChI=1S/C17H15ClN2O2S/c18-14-6-4-13(5-7-14)17(21)20-19-9-12-2-1-3-15(8-12)22-16-10-23-11-16/h1-9,16H,10-11H2,(H,20,21)/b19-9-. The van der Waals surface area contributed by atoms with Crippen LogP contribution in [0.25, 0.3) is 0 Å². The molecule has 1 fully saturated rings. The Balaban J connectivity index is 1.57. The average Bonchev–Trinajstić information content (AvgIpc) is 2.52. The molecule has 0 bridgehead atoms. The highest BCUT2D eigenvalue weighted by atomic mass is 35.5. The molecular formula is C17H15ClN2O2S. The number of amides is 1. The van der Waals surface area contributed by atoms with Gasteiger partial charge in [0, 0.05) is 22.1 Å². The van der Waals surface area contributed by atoms with Crippen molar-refractivity contribution in [1.29, 1.82) is 0 Å². The van der Waals surface area contributed by atoms with E-state index in [1.54, 1.807) is 30.5 Å². The minimum atomic E-state index is -0.281. The molecule has 1 aliphatic heterocycles. The zero-order valence-corrected chi connectivity index (χ0v) is 13.8. The van der Waals surface area contributed by atoms with Gasteiger partial charge in [-0.3, -0.25) is 4.79 Å². The van der Waals surface area contributed by atoms with Crippen LogP contribution < -0.4 is 10.2 Å². The van der Waals surface area contributed by atoms with Gasteiger partial charge in [0.2, 0.25) is 0 Å². The molecule has 1 heterocycles. The van der Waals surface area contributed by atoms with E-state index >= 15 is 0 Å². The molecule has 0 atom stereocenters. The number of carbonyl (C=O) groups is 1. The topological polar surface area (TPSA) is 50.7 Å². The fraction of sp³-hybridized carbons (Fsp3) is 0.176. The van der Waals surface area contributed by atoms with Gasteiger partial charge >= 0.3 is 0 Å². The molecule has 118 valence electrons. The van der Waals surface area contributed by atoms with Gasteiger partial charge in [0.1, 0.15) is 11.9 Å². The van der Waals surface area contributed by atoms with Crippen molar-refractivity contribution in [3.8, 4) is 5.75 Å². The minimum absolute atomic E-state index is 0.281. The molecule has 0 spiro atoms. The molecule has 6 heteroatoms. The highest BCUT2D eigenvalue weighted by molar-refractivity contribution is 8.00. The van der Waals surface area contributed by atoms with Crippen molar-refractivity contribution in [3.05, 3.63) is 64.7 Å². The number of carbonyl (C=O) groups excluding carboxylic acids is 1. The fourth-order valence-electron chi connectivity index (χ4n) is 1.97. The summed E-state index contributed by atoms with van der Waals surface area (Å²) in [7, 11) is 0. The number of thioether (sulfide) groups is 1. The first-order valence-electron chi connectivity index (χ1n) is 7.14. The molecule has 0 unspecified atom stereocenters. The highest BCUT2D eigenvalue weighted by Gasteiger charge is 2.19. The predicted octanol–water partition coefficient (Wildman–Crippen LogP) is 3.60. The van der Waals surface area contributed by atoms with Crippen LogP contribution in [0.3, 0.4) is 0 Å².